The Balaban J connectivity index is 1.16. The van der Waals surface area contributed by atoms with Crippen molar-refractivity contribution in [2.75, 3.05) is 25.2 Å². The number of nitrogens with one attached hydrogen (secondary N) is 1. The van der Waals surface area contributed by atoms with Gasteiger partial charge in [0.2, 0.25) is 18.6 Å². The predicted molar refractivity (Wildman–Crippen MR) is 122 cm³/mol. The molecule has 6 nitrogen and oxygen atoms in total. The number of amides is 2. The zero-order chi connectivity index (χ0) is 21.6. The number of fused-ring (bicyclic) bond motifs is 1. The van der Waals surface area contributed by atoms with Crippen LogP contribution in [0.25, 0.3) is 0 Å². The number of carbonyl (C=O) groups is 2. The summed E-state index contributed by atoms with van der Waals surface area (Å²) in [6.45, 7) is 1.50. The predicted octanol–water partition coefficient (Wildman–Crippen LogP) is 4.77. The van der Waals surface area contributed by atoms with E-state index < -0.39 is 0 Å². The fourth-order valence-corrected chi connectivity index (χ4v) is 4.29. The van der Waals surface area contributed by atoms with E-state index in [4.69, 9.17) is 9.47 Å². The van der Waals surface area contributed by atoms with Gasteiger partial charge in [-0.2, -0.15) is 0 Å². The van der Waals surface area contributed by atoms with Crippen molar-refractivity contribution in [3.05, 3.63) is 52.5 Å². The van der Waals surface area contributed by atoms with Gasteiger partial charge in [-0.05, 0) is 61.9 Å². The van der Waals surface area contributed by atoms with E-state index in [1.165, 1.54) is 5.56 Å². The van der Waals surface area contributed by atoms with Gasteiger partial charge in [0, 0.05) is 41.7 Å². The lowest BCUT2D eigenvalue weighted by atomic mass is 9.95. The van der Waals surface area contributed by atoms with Gasteiger partial charge in [-0.15, -0.1) is 0 Å². The molecular formula is C24H27BrN2O4. The van der Waals surface area contributed by atoms with Crippen molar-refractivity contribution in [3.8, 4) is 11.5 Å². The molecule has 0 aliphatic carbocycles. The standard InChI is InChI=1S/C24H27BrN2O4/c25-19-7-5-17(6-8-19)3-1-2-4-23(28)27-13-11-18(12-14-27)24(29)26-20-9-10-21-22(15-20)31-16-30-21/h5-10,15,18H,1-4,11-14,16H2,(H,26,29). The van der Waals surface area contributed by atoms with Gasteiger partial charge in [-0.1, -0.05) is 28.1 Å². The second kappa shape index (κ2) is 10.2. The van der Waals surface area contributed by atoms with Crippen molar-refractivity contribution in [1.29, 1.82) is 0 Å². The van der Waals surface area contributed by atoms with Crippen LogP contribution in [0.4, 0.5) is 5.69 Å². The summed E-state index contributed by atoms with van der Waals surface area (Å²) in [5, 5.41) is 2.97. The largest absolute Gasteiger partial charge is 0.454 e. The summed E-state index contributed by atoms with van der Waals surface area (Å²) in [4.78, 5) is 27.1. The van der Waals surface area contributed by atoms with Crippen LogP contribution in [0.1, 0.15) is 37.7 Å². The summed E-state index contributed by atoms with van der Waals surface area (Å²) >= 11 is 3.45. The van der Waals surface area contributed by atoms with Crippen molar-refractivity contribution in [1.82, 2.24) is 4.90 Å². The number of halogens is 1. The van der Waals surface area contributed by atoms with Gasteiger partial charge in [-0.25, -0.2) is 0 Å². The monoisotopic (exact) mass is 486 g/mol. The maximum absolute atomic E-state index is 12.6. The lowest BCUT2D eigenvalue weighted by Crippen LogP contribution is -2.41. The number of ether oxygens (including phenoxy) is 2. The Hall–Kier alpha value is -2.54. The highest BCUT2D eigenvalue weighted by atomic mass is 79.9. The Morgan fingerprint density at radius 2 is 1.74 bits per heavy atom. The molecule has 164 valence electrons. The van der Waals surface area contributed by atoms with Crippen LogP contribution in [0.2, 0.25) is 0 Å². The number of unbranched alkanes of at least 4 members (excludes halogenated alkanes) is 1. The van der Waals surface area contributed by atoms with E-state index in [0.29, 0.717) is 49.5 Å². The van der Waals surface area contributed by atoms with Gasteiger partial charge < -0.3 is 19.7 Å². The van der Waals surface area contributed by atoms with Gasteiger partial charge in [-0.3, -0.25) is 9.59 Å². The van der Waals surface area contributed by atoms with E-state index in [-0.39, 0.29) is 24.5 Å². The lowest BCUT2D eigenvalue weighted by Gasteiger charge is -2.31. The van der Waals surface area contributed by atoms with Gasteiger partial charge in [0.1, 0.15) is 0 Å². The van der Waals surface area contributed by atoms with Crippen LogP contribution in [0.3, 0.4) is 0 Å². The first-order valence-electron chi connectivity index (χ1n) is 10.8. The first kappa shape index (κ1) is 21.7. The Kier molecular flexibility index (Phi) is 7.12. The van der Waals surface area contributed by atoms with E-state index in [9.17, 15) is 9.59 Å². The van der Waals surface area contributed by atoms with Crippen LogP contribution in [-0.4, -0.2) is 36.6 Å². The van der Waals surface area contributed by atoms with E-state index in [2.05, 4.69) is 33.4 Å². The molecule has 0 bridgehead atoms. The third kappa shape index (κ3) is 5.79. The van der Waals surface area contributed by atoms with Crippen LogP contribution in [0, 0.1) is 5.92 Å². The fourth-order valence-electron chi connectivity index (χ4n) is 4.02. The van der Waals surface area contributed by atoms with Crippen LogP contribution < -0.4 is 14.8 Å². The molecule has 31 heavy (non-hydrogen) atoms. The first-order chi connectivity index (χ1) is 15.1. The van der Waals surface area contributed by atoms with Crippen molar-refractivity contribution < 1.29 is 19.1 Å². The Morgan fingerprint density at radius 3 is 2.52 bits per heavy atom. The van der Waals surface area contributed by atoms with Crippen molar-refractivity contribution in [2.24, 2.45) is 5.92 Å². The Morgan fingerprint density at radius 1 is 1.00 bits per heavy atom. The number of hydrogen-bond donors (Lipinski definition) is 1. The van der Waals surface area contributed by atoms with Crippen molar-refractivity contribution >= 4 is 33.4 Å². The molecule has 1 saturated heterocycles. The summed E-state index contributed by atoms with van der Waals surface area (Å²) < 4.78 is 11.7. The minimum atomic E-state index is -0.0770. The SMILES string of the molecule is O=C(Nc1ccc2c(c1)OCO2)C1CCN(C(=O)CCCCc2ccc(Br)cc2)CC1. The third-order valence-electron chi connectivity index (χ3n) is 5.88. The molecule has 1 fully saturated rings. The van der Waals surface area contributed by atoms with E-state index in [1.54, 1.807) is 12.1 Å². The minimum absolute atomic E-state index is 0.000428. The number of piperidine rings is 1. The smallest absolute Gasteiger partial charge is 0.231 e. The number of nitrogens with zero attached hydrogens (tertiary/aromatic N) is 1. The molecule has 0 aromatic heterocycles. The summed E-state index contributed by atoms with van der Waals surface area (Å²) in [6, 6.07) is 13.7. The fraction of sp³-hybridized carbons (Fsp3) is 0.417. The van der Waals surface area contributed by atoms with Crippen LogP contribution in [0.5, 0.6) is 11.5 Å². The number of rotatable bonds is 7. The zero-order valence-electron chi connectivity index (χ0n) is 17.4. The topological polar surface area (TPSA) is 67.9 Å². The van der Waals surface area contributed by atoms with Crippen LogP contribution in [0.15, 0.2) is 46.9 Å². The molecule has 2 aliphatic heterocycles. The lowest BCUT2D eigenvalue weighted by molar-refractivity contribution is -0.134. The quantitative estimate of drug-likeness (QED) is 0.572. The average molecular weight is 487 g/mol. The molecule has 0 radical (unpaired) electrons. The molecule has 0 atom stereocenters. The number of aryl methyl sites for hydroxylation is 1. The molecule has 0 saturated carbocycles. The second-order valence-corrected chi connectivity index (χ2v) is 8.96. The number of benzene rings is 2. The molecule has 0 unspecified atom stereocenters. The van der Waals surface area contributed by atoms with Crippen LogP contribution in [-0.2, 0) is 16.0 Å². The molecule has 2 heterocycles. The molecule has 2 amide bonds. The highest BCUT2D eigenvalue weighted by Crippen LogP contribution is 2.34. The number of carbonyl (C=O) groups excluding carboxylic acids is 2. The molecule has 7 heteroatoms. The minimum Gasteiger partial charge on any atom is -0.454 e. The Bertz CT molecular complexity index is 924. The van der Waals surface area contributed by atoms with Crippen molar-refractivity contribution in [2.45, 2.75) is 38.5 Å². The number of likely N-dealkylation sites (tertiary alicyclic amines) is 1. The van der Waals surface area contributed by atoms with Crippen LogP contribution >= 0.6 is 15.9 Å². The molecule has 1 N–H and O–H groups in total. The van der Waals surface area contributed by atoms with Gasteiger partial charge >= 0.3 is 0 Å². The van der Waals surface area contributed by atoms with Crippen molar-refractivity contribution in [3.63, 3.8) is 0 Å². The summed E-state index contributed by atoms with van der Waals surface area (Å²) in [5.74, 6) is 1.47. The Labute approximate surface area is 191 Å². The maximum atomic E-state index is 12.6. The summed E-state index contributed by atoms with van der Waals surface area (Å²) in [5.41, 5.74) is 2.00. The van der Waals surface area contributed by atoms with Gasteiger partial charge in [0.15, 0.2) is 11.5 Å². The van der Waals surface area contributed by atoms with E-state index in [1.807, 2.05) is 23.1 Å². The maximum Gasteiger partial charge on any atom is 0.231 e. The second-order valence-electron chi connectivity index (χ2n) is 8.05. The first-order valence-corrected chi connectivity index (χ1v) is 11.6. The third-order valence-corrected chi connectivity index (χ3v) is 6.41. The zero-order valence-corrected chi connectivity index (χ0v) is 19.0. The van der Waals surface area contributed by atoms with Gasteiger partial charge in [0.25, 0.3) is 0 Å². The van der Waals surface area contributed by atoms with Gasteiger partial charge in [0.05, 0.1) is 0 Å². The normalized spacial score (nSPS) is 15.7. The molecule has 4 rings (SSSR count). The molecular weight excluding hydrogens is 460 g/mol. The number of anilines is 1. The summed E-state index contributed by atoms with van der Waals surface area (Å²) in [6.07, 6.45) is 4.84. The van der Waals surface area contributed by atoms with E-state index >= 15 is 0 Å². The average Bonchev–Trinajstić information content (AvgIpc) is 3.26. The molecule has 2 aromatic rings. The van der Waals surface area contributed by atoms with E-state index in [0.717, 1.165) is 23.7 Å². The highest BCUT2D eigenvalue weighted by Gasteiger charge is 2.27. The molecule has 2 aliphatic rings. The molecule has 0 spiro atoms. The highest BCUT2D eigenvalue weighted by molar-refractivity contribution is 9.10. The summed E-state index contributed by atoms with van der Waals surface area (Å²) in [7, 11) is 0. The number of hydrogen-bond acceptors (Lipinski definition) is 4. The molecule has 2 aromatic carbocycles.